The quantitative estimate of drug-likeness (QED) is 0.746. The predicted octanol–water partition coefficient (Wildman–Crippen LogP) is 3.95. The van der Waals surface area contributed by atoms with Crippen molar-refractivity contribution in [3.8, 4) is 0 Å². The van der Waals surface area contributed by atoms with Gasteiger partial charge in [0.2, 0.25) is 17.7 Å². The third-order valence-electron chi connectivity index (χ3n) is 4.47. The van der Waals surface area contributed by atoms with Gasteiger partial charge < -0.3 is 5.32 Å². The minimum absolute atomic E-state index is 0.0250. The first kappa shape index (κ1) is 20.1. The summed E-state index contributed by atoms with van der Waals surface area (Å²) in [4.78, 5) is 38.0. The Balaban J connectivity index is 1.55. The van der Waals surface area contributed by atoms with Crippen LogP contribution >= 0.6 is 11.8 Å². The van der Waals surface area contributed by atoms with Crippen molar-refractivity contribution < 1.29 is 18.8 Å². The molecule has 1 fully saturated rings. The van der Waals surface area contributed by atoms with Crippen molar-refractivity contribution in [2.45, 2.75) is 31.4 Å². The molecule has 0 aliphatic carbocycles. The number of rotatable bonds is 6. The molecule has 0 bridgehead atoms. The summed E-state index contributed by atoms with van der Waals surface area (Å²) in [6.45, 7) is 4.19. The van der Waals surface area contributed by atoms with E-state index in [9.17, 15) is 18.8 Å². The molecule has 28 heavy (non-hydrogen) atoms. The van der Waals surface area contributed by atoms with Crippen LogP contribution in [-0.4, -0.2) is 28.7 Å². The molecular weight excluding hydrogens is 379 g/mol. The van der Waals surface area contributed by atoms with E-state index in [-0.39, 0.29) is 29.9 Å². The lowest BCUT2D eigenvalue weighted by Gasteiger charge is -2.14. The molecule has 0 saturated carbocycles. The summed E-state index contributed by atoms with van der Waals surface area (Å²) in [5, 5.41) is 2.18. The maximum absolute atomic E-state index is 13.1. The number of imide groups is 1. The average Bonchev–Trinajstić information content (AvgIpc) is 2.95. The van der Waals surface area contributed by atoms with Crippen molar-refractivity contribution in [2.24, 2.45) is 0 Å². The van der Waals surface area contributed by atoms with Crippen LogP contribution < -0.4 is 10.2 Å². The molecule has 146 valence electrons. The van der Waals surface area contributed by atoms with Crippen molar-refractivity contribution in [2.75, 3.05) is 16.0 Å². The van der Waals surface area contributed by atoms with E-state index in [1.54, 1.807) is 0 Å². The molecule has 3 amide bonds. The zero-order valence-corrected chi connectivity index (χ0v) is 16.5. The second-order valence-electron chi connectivity index (χ2n) is 6.87. The van der Waals surface area contributed by atoms with Crippen molar-refractivity contribution in [3.05, 3.63) is 59.9 Å². The Morgan fingerprint density at radius 3 is 2.39 bits per heavy atom. The molecule has 2 aromatic carbocycles. The van der Waals surface area contributed by atoms with E-state index in [2.05, 4.69) is 19.2 Å². The van der Waals surface area contributed by atoms with E-state index in [0.717, 1.165) is 16.7 Å². The van der Waals surface area contributed by atoms with Gasteiger partial charge in [0.05, 0.1) is 16.7 Å². The van der Waals surface area contributed by atoms with Gasteiger partial charge in [-0.1, -0.05) is 26.0 Å². The Hall–Kier alpha value is -2.67. The second-order valence-corrected chi connectivity index (χ2v) is 8.06. The van der Waals surface area contributed by atoms with Crippen molar-refractivity contribution in [1.29, 1.82) is 0 Å². The van der Waals surface area contributed by atoms with Gasteiger partial charge in [0.1, 0.15) is 5.82 Å². The third kappa shape index (κ3) is 4.59. The highest BCUT2D eigenvalue weighted by Gasteiger charge is 2.40. The number of benzene rings is 2. The van der Waals surface area contributed by atoms with Crippen LogP contribution in [0.3, 0.4) is 0 Å². The predicted molar refractivity (Wildman–Crippen MR) is 109 cm³/mol. The maximum atomic E-state index is 13.1. The van der Waals surface area contributed by atoms with Crippen LogP contribution in [0.1, 0.15) is 31.7 Å². The largest absolute Gasteiger partial charge is 0.325 e. The highest BCUT2D eigenvalue weighted by Crippen LogP contribution is 2.30. The minimum atomic E-state index is -0.619. The lowest BCUT2D eigenvalue weighted by Crippen LogP contribution is -2.31. The fraction of sp³-hybridized carbons (Fsp3) is 0.286. The first-order valence-electron chi connectivity index (χ1n) is 8.99. The molecule has 7 heteroatoms. The first-order valence-corrected chi connectivity index (χ1v) is 10.0. The Kier molecular flexibility index (Phi) is 6.14. The van der Waals surface area contributed by atoms with Gasteiger partial charge >= 0.3 is 0 Å². The van der Waals surface area contributed by atoms with E-state index in [1.807, 2.05) is 24.3 Å². The van der Waals surface area contributed by atoms with Crippen LogP contribution in [0.5, 0.6) is 0 Å². The molecule has 0 spiro atoms. The SMILES string of the molecule is CC(C)c1ccc(NC(=O)CSC2CC(=O)N(c3ccc(F)cc3)C2=O)cc1. The monoisotopic (exact) mass is 400 g/mol. The number of amides is 3. The standard InChI is InChI=1S/C21H21FN2O3S/c1-13(2)14-3-7-16(8-4-14)23-19(25)12-28-18-11-20(26)24(21(18)27)17-9-5-15(22)6-10-17/h3-10,13,18H,11-12H2,1-2H3,(H,23,25). The van der Waals surface area contributed by atoms with E-state index in [4.69, 9.17) is 0 Å². The molecule has 1 atom stereocenters. The highest BCUT2D eigenvalue weighted by molar-refractivity contribution is 8.01. The fourth-order valence-corrected chi connectivity index (χ4v) is 3.85. The Morgan fingerprint density at radius 2 is 1.79 bits per heavy atom. The molecule has 1 heterocycles. The normalized spacial score (nSPS) is 16.7. The van der Waals surface area contributed by atoms with Crippen molar-refractivity contribution in [1.82, 2.24) is 0 Å². The Bertz CT molecular complexity index is 882. The summed E-state index contributed by atoms with van der Waals surface area (Å²) in [5.41, 5.74) is 2.22. The summed E-state index contributed by atoms with van der Waals surface area (Å²) in [6.07, 6.45) is 0.0250. The number of hydrogen-bond acceptors (Lipinski definition) is 4. The average molecular weight is 400 g/mol. The van der Waals surface area contributed by atoms with Crippen LogP contribution in [0, 0.1) is 5.82 Å². The first-order chi connectivity index (χ1) is 13.3. The van der Waals surface area contributed by atoms with Crippen LogP contribution in [0.15, 0.2) is 48.5 Å². The number of halogens is 1. The number of carbonyl (C=O) groups is 3. The molecule has 2 aromatic rings. The summed E-state index contributed by atoms with van der Waals surface area (Å²) < 4.78 is 13.1. The zero-order chi connectivity index (χ0) is 20.3. The van der Waals surface area contributed by atoms with Gasteiger partial charge in [0.25, 0.3) is 0 Å². The van der Waals surface area contributed by atoms with Crippen LogP contribution in [0.2, 0.25) is 0 Å². The van der Waals surface area contributed by atoms with Gasteiger partial charge in [-0.2, -0.15) is 0 Å². The third-order valence-corrected chi connectivity index (χ3v) is 5.67. The molecule has 1 unspecified atom stereocenters. The molecule has 3 rings (SSSR count). The zero-order valence-electron chi connectivity index (χ0n) is 15.6. The van der Waals surface area contributed by atoms with Gasteiger partial charge in [-0.3, -0.25) is 14.4 Å². The smallest absolute Gasteiger partial charge is 0.247 e. The molecule has 1 aliphatic rings. The lowest BCUT2D eigenvalue weighted by molar-refractivity contribution is -0.121. The minimum Gasteiger partial charge on any atom is -0.325 e. The fourth-order valence-electron chi connectivity index (χ4n) is 2.92. The summed E-state index contributed by atoms with van der Waals surface area (Å²) in [6, 6.07) is 12.8. The van der Waals surface area contributed by atoms with Gasteiger partial charge in [0, 0.05) is 12.1 Å². The van der Waals surface area contributed by atoms with Gasteiger partial charge in [-0.15, -0.1) is 11.8 Å². The maximum Gasteiger partial charge on any atom is 0.247 e. The number of carbonyl (C=O) groups excluding carboxylic acids is 3. The van der Waals surface area contributed by atoms with Crippen LogP contribution in [-0.2, 0) is 14.4 Å². The van der Waals surface area contributed by atoms with Crippen molar-refractivity contribution >= 4 is 40.9 Å². The number of nitrogens with one attached hydrogen (secondary N) is 1. The van der Waals surface area contributed by atoms with Crippen LogP contribution in [0.25, 0.3) is 0 Å². The molecule has 0 aromatic heterocycles. The number of thioether (sulfide) groups is 1. The second kappa shape index (κ2) is 8.56. The van der Waals surface area contributed by atoms with Gasteiger partial charge in [-0.25, -0.2) is 9.29 Å². The number of nitrogens with zero attached hydrogens (tertiary/aromatic N) is 1. The molecule has 1 saturated heterocycles. The number of hydrogen-bond donors (Lipinski definition) is 1. The summed E-state index contributed by atoms with van der Waals surface area (Å²) in [5.74, 6) is -0.924. The van der Waals surface area contributed by atoms with E-state index in [0.29, 0.717) is 17.3 Å². The van der Waals surface area contributed by atoms with Crippen molar-refractivity contribution in [3.63, 3.8) is 0 Å². The highest BCUT2D eigenvalue weighted by atomic mass is 32.2. The molecule has 1 N–H and O–H groups in total. The summed E-state index contributed by atoms with van der Waals surface area (Å²) in [7, 11) is 0. The van der Waals surface area contributed by atoms with Gasteiger partial charge in [-0.05, 0) is 47.9 Å². The van der Waals surface area contributed by atoms with E-state index < -0.39 is 11.1 Å². The van der Waals surface area contributed by atoms with E-state index >= 15 is 0 Å². The van der Waals surface area contributed by atoms with Gasteiger partial charge in [0.15, 0.2) is 0 Å². The summed E-state index contributed by atoms with van der Waals surface area (Å²) >= 11 is 1.13. The Labute approximate surface area is 167 Å². The number of anilines is 2. The molecule has 5 nitrogen and oxygen atoms in total. The van der Waals surface area contributed by atoms with Crippen LogP contribution in [0.4, 0.5) is 15.8 Å². The molecule has 1 aliphatic heterocycles. The topological polar surface area (TPSA) is 66.5 Å². The molecular formula is C21H21FN2O3S. The Morgan fingerprint density at radius 1 is 1.14 bits per heavy atom. The lowest BCUT2D eigenvalue weighted by atomic mass is 10.0. The molecule has 0 radical (unpaired) electrons. The van der Waals surface area contributed by atoms with E-state index in [1.165, 1.54) is 29.8 Å².